The van der Waals surface area contributed by atoms with Gasteiger partial charge in [0, 0.05) is 32.2 Å². The molecule has 1 aromatic carbocycles. The van der Waals surface area contributed by atoms with E-state index in [2.05, 4.69) is 11.0 Å². The summed E-state index contributed by atoms with van der Waals surface area (Å²) in [5.74, 6) is 0.826. The third kappa shape index (κ3) is 3.78. The predicted molar refractivity (Wildman–Crippen MR) is 98.3 cm³/mol. The quantitative estimate of drug-likeness (QED) is 0.896. The van der Waals surface area contributed by atoms with Gasteiger partial charge < -0.3 is 14.7 Å². The van der Waals surface area contributed by atoms with E-state index in [1.54, 1.807) is 0 Å². The number of hydrogen-bond donors (Lipinski definition) is 1. The van der Waals surface area contributed by atoms with E-state index in [4.69, 9.17) is 9.84 Å². The normalized spacial score (nSPS) is 26.9. The molecule has 1 saturated carbocycles. The maximum absolute atomic E-state index is 11.1. The average Bonchev–Trinajstić information content (AvgIpc) is 2.68. The Hall–Kier alpha value is -2.26. The molecule has 0 bridgehead atoms. The summed E-state index contributed by atoms with van der Waals surface area (Å²) in [5, 5.41) is 19.0. The smallest absolute Gasteiger partial charge is 0.407 e. The highest BCUT2D eigenvalue weighted by Gasteiger charge is 2.39. The topological polar surface area (TPSA) is 76.8 Å². The number of carboxylic acid groups (broad SMARTS) is 1. The number of nitrogens with zero attached hydrogens (tertiary/aromatic N) is 3. The van der Waals surface area contributed by atoms with Crippen molar-refractivity contribution < 1.29 is 14.6 Å². The van der Waals surface area contributed by atoms with E-state index < -0.39 is 11.5 Å². The summed E-state index contributed by atoms with van der Waals surface area (Å²) in [7, 11) is 0. The molecule has 6 heteroatoms. The Morgan fingerprint density at radius 3 is 2.58 bits per heavy atom. The first-order valence-corrected chi connectivity index (χ1v) is 9.44. The molecule has 0 unspecified atom stereocenters. The van der Waals surface area contributed by atoms with Crippen LogP contribution >= 0.6 is 0 Å². The minimum Gasteiger partial charge on any atom is -0.494 e. The van der Waals surface area contributed by atoms with Crippen molar-refractivity contribution >= 4 is 6.09 Å². The monoisotopic (exact) mass is 357 g/mol. The van der Waals surface area contributed by atoms with Crippen LogP contribution < -0.4 is 4.74 Å². The second-order valence-electron chi connectivity index (χ2n) is 7.19. The van der Waals surface area contributed by atoms with Crippen molar-refractivity contribution in [3.05, 3.63) is 29.8 Å². The van der Waals surface area contributed by atoms with Gasteiger partial charge in [-0.05, 0) is 50.3 Å². The van der Waals surface area contributed by atoms with E-state index in [0.717, 1.165) is 50.1 Å². The number of nitriles is 1. The van der Waals surface area contributed by atoms with E-state index in [1.165, 1.54) is 4.90 Å². The van der Waals surface area contributed by atoms with Crippen LogP contribution in [-0.4, -0.2) is 59.8 Å². The van der Waals surface area contributed by atoms with Crippen molar-refractivity contribution in [2.75, 3.05) is 32.8 Å². The molecule has 1 N–H and O–H groups in total. The lowest BCUT2D eigenvalue weighted by atomic mass is 9.69. The molecule has 3 rings (SSSR count). The number of hydrogen-bond acceptors (Lipinski definition) is 4. The fraction of sp³-hybridized carbons (Fsp3) is 0.600. The zero-order chi connectivity index (χ0) is 18.6. The molecule has 1 saturated heterocycles. The molecule has 0 aromatic heterocycles. The minimum absolute atomic E-state index is 0.438. The molecule has 0 radical (unpaired) electrons. The highest BCUT2D eigenvalue weighted by Crippen LogP contribution is 2.41. The standard InChI is InChI=1S/C20H27N3O3/c1-2-26-18-5-3-4-16(14-18)20(15-21)8-6-17(7-9-20)22-10-12-23(13-11-22)19(24)25/h3-5,14,17H,2,6-13H2,1H3,(H,24,25)/t17-,20-. The number of amides is 1. The summed E-state index contributed by atoms with van der Waals surface area (Å²) < 4.78 is 5.60. The van der Waals surface area contributed by atoms with E-state index in [1.807, 2.05) is 31.2 Å². The molecule has 0 spiro atoms. The molecule has 0 atom stereocenters. The second-order valence-corrected chi connectivity index (χ2v) is 7.19. The van der Waals surface area contributed by atoms with Crippen LogP contribution in [-0.2, 0) is 5.41 Å². The first kappa shape index (κ1) is 18.5. The van der Waals surface area contributed by atoms with Crippen LogP contribution in [0.2, 0.25) is 0 Å². The van der Waals surface area contributed by atoms with Crippen molar-refractivity contribution in [1.82, 2.24) is 9.80 Å². The Bertz CT molecular complexity index is 669. The van der Waals surface area contributed by atoms with Crippen molar-refractivity contribution in [3.63, 3.8) is 0 Å². The maximum atomic E-state index is 11.1. The van der Waals surface area contributed by atoms with Gasteiger partial charge in [0.15, 0.2) is 0 Å². The first-order chi connectivity index (χ1) is 12.6. The molecule has 6 nitrogen and oxygen atoms in total. The van der Waals surface area contributed by atoms with Gasteiger partial charge in [0.25, 0.3) is 0 Å². The van der Waals surface area contributed by atoms with Gasteiger partial charge in [0.05, 0.1) is 18.1 Å². The third-order valence-corrected chi connectivity index (χ3v) is 5.82. The number of carbonyl (C=O) groups is 1. The number of piperazine rings is 1. The van der Waals surface area contributed by atoms with Crippen LogP contribution in [0.1, 0.15) is 38.2 Å². The Balaban J connectivity index is 1.63. The molecule has 1 amide bonds. The predicted octanol–water partition coefficient (Wildman–Crippen LogP) is 3.08. The van der Waals surface area contributed by atoms with Crippen LogP contribution in [0.5, 0.6) is 5.75 Å². The zero-order valence-electron chi connectivity index (χ0n) is 15.4. The second kappa shape index (κ2) is 7.96. The molecular formula is C20H27N3O3. The van der Waals surface area contributed by atoms with Gasteiger partial charge in [-0.1, -0.05) is 12.1 Å². The Morgan fingerprint density at radius 2 is 2.00 bits per heavy atom. The summed E-state index contributed by atoms with van der Waals surface area (Å²) >= 11 is 0. The molecule has 2 fully saturated rings. The van der Waals surface area contributed by atoms with Crippen LogP contribution in [0.3, 0.4) is 0 Å². The number of ether oxygens (including phenoxy) is 1. The van der Waals surface area contributed by atoms with E-state index in [0.29, 0.717) is 25.7 Å². The Labute approximate surface area is 155 Å². The average molecular weight is 357 g/mol. The number of benzene rings is 1. The summed E-state index contributed by atoms with van der Waals surface area (Å²) in [4.78, 5) is 14.9. The zero-order valence-corrected chi connectivity index (χ0v) is 15.4. The van der Waals surface area contributed by atoms with Gasteiger partial charge in [-0.2, -0.15) is 5.26 Å². The van der Waals surface area contributed by atoms with Crippen molar-refractivity contribution in [1.29, 1.82) is 5.26 Å². The minimum atomic E-state index is -0.828. The lowest BCUT2D eigenvalue weighted by molar-refractivity contribution is 0.0672. The lowest BCUT2D eigenvalue weighted by Crippen LogP contribution is -2.53. The summed E-state index contributed by atoms with van der Waals surface area (Å²) in [6, 6.07) is 11.0. The van der Waals surface area contributed by atoms with Crippen LogP contribution in [0.25, 0.3) is 0 Å². The fourth-order valence-electron chi connectivity index (χ4n) is 4.25. The van der Waals surface area contributed by atoms with Crippen LogP contribution in [0.15, 0.2) is 24.3 Å². The molecule has 1 heterocycles. The Morgan fingerprint density at radius 1 is 1.31 bits per heavy atom. The van der Waals surface area contributed by atoms with Gasteiger partial charge in [-0.3, -0.25) is 4.90 Å². The van der Waals surface area contributed by atoms with Crippen molar-refractivity contribution in [2.24, 2.45) is 0 Å². The maximum Gasteiger partial charge on any atom is 0.407 e. The number of rotatable bonds is 4. The summed E-state index contributed by atoms with van der Waals surface area (Å²) in [5.41, 5.74) is 0.618. The molecule has 140 valence electrons. The molecule has 2 aliphatic rings. The molecule has 1 aromatic rings. The van der Waals surface area contributed by atoms with E-state index >= 15 is 0 Å². The van der Waals surface area contributed by atoms with E-state index in [9.17, 15) is 10.1 Å². The summed E-state index contributed by atoms with van der Waals surface area (Å²) in [6.07, 6.45) is 2.79. The SMILES string of the molecule is CCOc1cccc([C@]2(C#N)CC[C@@H](N3CCN(C(=O)O)CC3)CC2)c1. The first-order valence-electron chi connectivity index (χ1n) is 9.44. The van der Waals surface area contributed by atoms with Gasteiger partial charge in [0.2, 0.25) is 0 Å². The van der Waals surface area contributed by atoms with Gasteiger partial charge in [-0.15, -0.1) is 0 Å². The highest BCUT2D eigenvalue weighted by atomic mass is 16.5. The highest BCUT2D eigenvalue weighted by molar-refractivity contribution is 5.65. The van der Waals surface area contributed by atoms with Crippen molar-refractivity contribution in [2.45, 2.75) is 44.1 Å². The van der Waals surface area contributed by atoms with Gasteiger partial charge in [0.1, 0.15) is 5.75 Å². The van der Waals surface area contributed by atoms with Gasteiger partial charge >= 0.3 is 6.09 Å². The van der Waals surface area contributed by atoms with Crippen molar-refractivity contribution in [3.8, 4) is 11.8 Å². The van der Waals surface area contributed by atoms with E-state index in [-0.39, 0.29) is 0 Å². The molecule has 26 heavy (non-hydrogen) atoms. The van der Waals surface area contributed by atoms with Crippen LogP contribution in [0, 0.1) is 11.3 Å². The molecular weight excluding hydrogens is 330 g/mol. The lowest BCUT2D eigenvalue weighted by Gasteiger charge is -2.43. The Kier molecular flexibility index (Phi) is 5.67. The van der Waals surface area contributed by atoms with Crippen LogP contribution in [0.4, 0.5) is 4.79 Å². The largest absolute Gasteiger partial charge is 0.494 e. The fourth-order valence-corrected chi connectivity index (χ4v) is 4.25. The molecule has 1 aliphatic heterocycles. The summed E-state index contributed by atoms with van der Waals surface area (Å²) in [6.45, 7) is 5.30. The third-order valence-electron chi connectivity index (χ3n) is 5.82. The van der Waals surface area contributed by atoms with Gasteiger partial charge in [-0.25, -0.2) is 4.79 Å². The molecule has 1 aliphatic carbocycles.